The molecular formula is C20H20. The number of benzene rings is 2. The lowest BCUT2D eigenvalue weighted by Crippen LogP contribution is -1.92. The third kappa shape index (κ3) is 2.00. The third-order valence-corrected chi connectivity index (χ3v) is 4.93. The zero-order valence-electron chi connectivity index (χ0n) is 11.8. The summed E-state index contributed by atoms with van der Waals surface area (Å²) >= 11 is 0. The van der Waals surface area contributed by atoms with E-state index < -0.39 is 0 Å². The van der Waals surface area contributed by atoms with Crippen LogP contribution in [0.15, 0.2) is 60.7 Å². The van der Waals surface area contributed by atoms with Gasteiger partial charge in [-0.1, -0.05) is 60.7 Å². The van der Waals surface area contributed by atoms with E-state index in [0.717, 1.165) is 0 Å². The Morgan fingerprint density at radius 3 is 1.60 bits per heavy atom. The fourth-order valence-electron chi connectivity index (χ4n) is 3.85. The molecule has 0 heteroatoms. The first-order chi connectivity index (χ1) is 9.92. The molecule has 4 rings (SSSR count). The van der Waals surface area contributed by atoms with Crippen molar-refractivity contribution in [1.82, 2.24) is 0 Å². The highest BCUT2D eigenvalue weighted by atomic mass is 14.3. The normalized spacial score (nSPS) is 24.0. The summed E-state index contributed by atoms with van der Waals surface area (Å²) in [6.07, 6.45) is 9.99. The molecule has 0 heterocycles. The molecule has 0 saturated heterocycles. The van der Waals surface area contributed by atoms with E-state index >= 15 is 0 Å². The van der Waals surface area contributed by atoms with Gasteiger partial charge in [-0.05, 0) is 47.9 Å². The summed E-state index contributed by atoms with van der Waals surface area (Å²) in [5, 5.41) is 0. The summed E-state index contributed by atoms with van der Waals surface area (Å²) < 4.78 is 0. The summed E-state index contributed by atoms with van der Waals surface area (Å²) in [5.74, 6) is 1.28. The van der Waals surface area contributed by atoms with E-state index in [-0.39, 0.29) is 0 Å². The number of allylic oxidation sites excluding steroid dienone is 2. The van der Waals surface area contributed by atoms with Crippen molar-refractivity contribution in [3.63, 3.8) is 0 Å². The minimum absolute atomic E-state index is 0.638. The van der Waals surface area contributed by atoms with Crippen molar-refractivity contribution in [2.24, 2.45) is 0 Å². The fraction of sp³-hybridized carbons (Fsp3) is 0.300. The van der Waals surface area contributed by atoms with E-state index in [1.54, 1.807) is 22.3 Å². The van der Waals surface area contributed by atoms with Crippen LogP contribution in [0.5, 0.6) is 0 Å². The Morgan fingerprint density at radius 1 is 0.650 bits per heavy atom. The Hall–Kier alpha value is -1.82. The lowest BCUT2D eigenvalue weighted by atomic mass is 9.96. The highest BCUT2D eigenvalue weighted by Gasteiger charge is 2.22. The van der Waals surface area contributed by atoms with E-state index in [0.29, 0.717) is 11.8 Å². The van der Waals surface area contributed by atoms with Crippen LogP contribution < -0.4 is 0 Å². The standard InChI is InChI=1S/C20H20/c1-3-7-19-15(5-1)9-11-17(19)13-14-18-12-10-16-6-2-4-8-20(16)18/h1-8,13-14,17-18H,9-12H2. The van der Waals surface area contributed by atoms with Crippen LogP contribution in [0.1, 0.15) is 46.9 Å². The maximum absolute atomic E-state index is 2.47. The van der Waals surface area contributed by atoms with Crippen LogP contribution >= 0.6 is 0 Å². The van der Waals surface area contributed by atoms with Crippen LogP contribution in [0.25, 0.3) is 0 Å². The predicted octanol–water partition coefficient (Wildman–Crippen LogP) is 5.00. The average molecular weight is 260 g/mol. The highest BCUT2D eigenvalue weighted by molar-refractivity contribution is 5.40. The zero-order valence-corrected chi connectivity index (χ0v) is 11.8. The summed E-state index contributed by atoms with van der Waals surface area (Å²) in [7, 11) is 0. The van der Waals surface area contributed by atoms with Gasteiger partial charge >= 0.3 is 0 Å². The fourth-order valence-corrected chi connectivity index (χ4v) is 3.85. The van der Waals surface area contributed by atoms with Crippen molar-refractivity contribution in [1.29, 1.82) is 0 Å². The Bertz CT molecular complexity index is 593. The minimum atomic E-state index is 0.638. The third-order valence-electron chi connectivity index (χ3n) is 4.93. The Kier molecular flexibility index (Phi) is 2.95. The minimum Gasteiger partial charge on any atom is -0.0804 e. The van der Waals surface area contributed by atoms with Gasteiger partial charge in [0.2, 0.25) is 0 Å². The van der Waals surface area contributed by atoms with Crippen LogP contribution in [-0.4, -0.2) is 0 Å². The van der Waals surface area contributed by atoms with Crippen molar-refractivity contribution in [3.05, 3.63) is 82.9 Å². The Morgan fingerprint density at radius 2 is 1.10 bits per heavy atom. The van der Waals surface area contributed by atoms with Crippen molar-refractivity contribution >= 4 is 0 Å². The molecule has 0 fully saturated rings. The highest BCUT2D eigenvalue weighted by Crippen LogP contribution is 2.37. The van der Waals surface area contributed by atoms with E-state index in [9.17, 15) is 0 Å². The second-order valence-electron chi connectivity index (χ2n) is 6.07. The van der Waals surface area contributed by atoms with Gasteiger partial charge < -0.3 is 0 Å². The molecule has 0 spiro atoms. The van der Waals surface area contributed by atoms with Gasteiger partial charge in [-0.25, -0.2) is 0 Å². The van der Waals surface area contributed by atoms with Crippen LogP contribution in [0.2, 0.25) is 0 Å². The molecule has 100 valence electrons. The largest absolute Gasteiger partial charge is 0.0804 e. The first kappa shape index (κ1) is 12.0. The number of hydrogen-bond acceptors (Lipinski definition) is 0. The van der Waals surface area contributed by atoms with Crippen LogP contribution in [0, 0.1) is 0 Å². The molecule has 2 aliphatic rings. The van der Waals surface area contributed by atoms with E-state index in [4.69, 9.17) is 0 Å². The smallest absolute Gasteiger partial charge is 0.00240 e. The van der Waals surface area contributed by atoms with Crippen molar-refractivity contribution in [3.8, 4) is 0 Å². The SMILES string of the molecule is C(=CC1CCc2ccccc21)C1CCc2ccccc21. The number of fused-ring (bicyclic) bond motifs is 2. The number of aryl methyl sites for hydroxylation is 2. The van der Waals surface area contributed by atoms with Gasteiger partial charge in [-0.3, -0.25) is 0 Å². The molecule has 0 aromatic heterocycles. The molecule has 2 aromatic carbocycles. The summed E-state index contributed by atoms with van der Waals surface area (Å²) in [6, 6.07) is 17.9. The predicted molar refractivity (Wildman–Crippen MR) is 84.1 cm³/mol. The molecule has 0 aliphatic heterocycles. The second-order valence-corrected chi connectivity index (χ2v) is 6.07. The van der Waals surface area contributed by atoms with Gasteiger partial charge in [0.15, 0.2) is 0 Å². The van der Waals surface area contributed by atoms with Crippen LogP contribution in [0.4, 0.5) is 0 Å². The van der Waals surface area contributed by atoms with Gasteiger partial charge in [-0.15, -0.1) is 0 Å². The van der Waals surface area contributed by atoms with Crippen molar-refractivity contribution in [2.75, 3.05) is 0 Å². The molecule has 2 unspecified atom stereocenters. The monoisotopic (exact) mass is 260 g/mol. The zero-order chi connectivity index (χ0) is 13.4. The summed E-state index contributed by atoms with van der Waals surface area (Å²) in [5.41, 5.74) is 6.20. The molecule has 20 heavy (non-hydrogen) atoms. The molecule has 2 atom stereocenters. The molecule has 0 amide bonds. The van der Waals surface area contributed by atoms with Gasteiger partial charge in [0.25, 0.3) is 0 Å². The molecule has 2 aliphatic carbocycles. The molecule has 0 radical (unpaired) electrons. The number of rotatable bonds is 2. The first-order valence-corrected chi connectivity index (χ1v) is 7.76. The van der Waals surface area contributed by atoms with Gasteiger partial charge in [-0.2, -0.15) is 0 Å². The second kappa shape index (κ2) is 4.94. The maximum atomic E-state index is 2.47. The molecule has 0 N–H and O–H groups in total. The van der Waals surface area contributed by atoms with E-state index in [1.807, 2.05) is 0 Å². The molecule has 2 aromatic rings. The van der Waals surface area contributed by atoms with Gasteiger partial charge in [0.05, 0.1) is 0 Å². The van der Waals surface area contributed by atoms with Gasteiger partial charge in [0.1, 0.15) is 0 Å². The summed E-state index contributed by atoms with van der Waals surface area (Å²) in [6.45, 7) is 0. The van der Waals surface area contributed by atoms with Gasteiger partial charge in [0, 0.05) is 11.8 Å². The lowest BCUT2D eigenvalue weighted by molar-refractivity contribution is 0.779. The number of hydrogen-bond donors (Lipinski definition) is 0. The first-order valence-electron chi connectivity index (χ1n) is 7.76. The summed E-state index contributed by atoms with van der Waals surface area (Å²) in [4.78, 5) is 0. The Labute approximate surface area is 121 Å². The van der Waals surface area contributed by atoms with Crippen molar-refractivity contribution < 1.29 is 0 Å². The lowest BCUT2D eigenvalue weighted by Gasteiger charge is -2.09. The van der Waals surface area contributed by atoms with Crippen molar-refractivity contribution in [2.45, 2.75) is 37.5 Å². The molecular weight excluding hydrogens is 240 g/mol. The van der Waals surface area contributed by atoms with Crippen LogP contribution in [-0.2, 0) is 12.8 Å². The topological polar surface area (TPSA) is 0 Å². The average Bonchev–Trinajstić information content (AvgIpc) is 3.09. The van der Waals surface area contributed by atoms with E-state index in [2.05, 4.69) is 60.7 Å². The molecule has 0 nitrogen and oxygen atoms in total. The van der Waals surface area contributed by atoms with E-state index in [1.165, 1.54) is 25.7 Å². The molecule has 0 saturated carbocycles. The Balaban J connectivity index is 1.56. The maximum Gasteiger partial charge on any atom is 0.00240 e. The quantitative estimate of drug-likeness (QED) is 0.666. The molecule has 0 bridgehead atoms. The van der Waals surface area contributed by atoms with Crippen LogP contribution in [0.3, 0.4) is 0 Å².